The predicted octanol–water partition coefficient (Wildman–Crippen LogP) is 1.55. The van der Waals surface area contributed by atoms with Crippen LogP contribution in [0, 0.1) is 0 Å². The van der Waals surface area contributed by atoms with Crippen molar-refractivity contribution in [3.05, 3.63) is 0 Å². The first-order valence-electron chi connectivity index (χ1n) is 6.52. The third-order valence-electron chi connectivity index (χ3n) is 3.32. The van der Waals surface area contributed by atoms with Gasteiger partial charge in [-0.3, -0.25) is 10.3 Å². The van der Waals surface area contributed by atoms with Crippen LogP contribution in [0.1, 0.15) is 39.0 Å². The lowest BCUT2D eigenvalue weighted by Crippen LogP contribution is -2.61. The highest BCUT2D eigenvalue weighted by Crippen LogP contribution is 2.30. The topological polar surface area (TPSA) is 52.0 Å². The van der Waals surface area contributed by atoms with Crippen molar-refractivity contribution < 1.29 is 0 Å². The fraction of sp³-hybridized carbons (Fsp3) is 0.833. The molecule has 104 valence electrons. The van der Waals surface area contributed by atoms with E-state index in [9.17, 15) is 0 Å². The van der Waals surface area contributed by atoms with Crippen molar-refractivity contribution in [1.29, 1.82) is 0 Å². The van der Waals surface area contributed by atoms with Gasteiger partial charge in [-0.1, -0.05) is 6.42 Å². The van der Waals surface area contributed by atoms with Crippen LogP contribution < -0.4 is 10.6 Å². The van der Waals surface area contributed by atoms with Gasteiger partial charge in [0.25, 0.3) is 0 Å². The zero-order chi connectivity index (χ0) is 12.3. The van der Waals surface area contributed by atoms with Crippen molar-refractivity contribution in [1.82, 2.24) is 15.5 Å². The molecule has 0 bridgehead atoms. The molecule has 0 saturated heterocycles. The number of guanidine groups is 2. The molecule has 1 saturated carbocycles. The number of nitrogens with one attached hydrogen (secondary N) is 2. The molecule has 0 aromatic carbocycles. The van der Waals surface area contributed by atoms with Crippen molar-refractivity contribution in [2.24, 2.45) is 9.98 Å². The largest absolute Gasteiger partial charge is 0.349 e. The van der Waals surface area contributed by atoms with Crippen LogP contribution in [-0.2, 0) is 0 Å². The Morgan fingerprint density at radius 2 is 1.94 bits per heavy atom. The maximum atomic E-state index is 4.84. The van der Waals surface area contributed by atoms with Gasteiger partial charge in [0.2, 0.25) is 5.96 Å². The molecule has 0 radical (unpaired) electrons. The fourth-order valence-electron chi connectivity index (χ4n) is 2.44. The van der Waals surface area contributed by atoms with Gasteiger partial charge in [0.1, 0.15) is 5.66 Å². The number of hydrogen-bond donors (Lipinski definition) is 2. The first-order chi connectivity index (χ1) is 8.15. The predicted molar refractivity (Wildman–Crippen MR) is 78.4 cm³/mol. The molecule has 1 aliphatic heterocycles. The van der Waals surface area contributed by atoms with Crippen molar-refractivity contribution in [3.63, 3.8) is 0 Å². The van der Waals surface area contributed by atoms with Gasteiger partial charge in [-0.15, -0.1) is 12.4 Å². The maximum Gasteiger partial charge on any atom is 0.202 e. The molecule has 5 nitrogen and oxygen atoms in total. The van der Waals surface area contributed by atoms with Crippen LogP contribution in [0.15, 0.2) is 9.98 Å². The highest BCUT2D eigenvalue weighted by Gasteiger charge is 2.36. The summed E-state index contributed by atoms with van der Waals surface area (Å²) < 4.78 is 0. The molecule has 0 aromatic heterocycles. The first-order valence-corrected chi connectivity index (χ1v) is 6.52. The van der Waals surface area contributed by atoms with Crippen LogP contribution in [0.4, 0.5) is 0 Å². The summed E-state index contributed by atoms with van der Waals surface area (Å²) in [5.74, 6) is 1.78. The number of aliphatic imine (C=N–C) groups is 2. The van der Waals surface area contributed by atoms with Crippen LogP contribution in [0.2, 0.25) is 0 Å². The molecule has 0 amide bonds. The minimum absolute atomic E-state index is 0. The zero-order valence-electron chi connectivity index (χ0n) is 11.5. The van der Waals surface area contributed by atoms with Gasteiger partial charge < -0.3 is 10.2 Å². The zero-order valence-corrected chi connectivity index (χ0v) is 12.3. The smallest absolute Gasteiger partial charge is 0.202 e. The number of halogens is 1. The number of nitrogens with zero attached hydrogens (tertiary/aromatic N) is 3. The van der Waals surface area contributed by atoms with E-state index in [1.54, 1.807) is 0 Å². The molecule has 0 aromatic rings. The average molecular weight is 274 g/mol. The Kier molecular flexibility index (Phi) is 5.26. The van der Waals surface area contributed by atoms with Gasteiger partial charge in [-0.05, 0) is 32.6 Å². The second kappa shape index (κ2) is 6.27. The van der Waals surface area contributed by atoms with E-state index in [1.807, 2.05) is 25.9 Å². The molecule has 1 spiro atoms. The molecule has 2 aliphatic rings. The van der Waals surface area contributed by atoms with Crippen LogP contribution >= 0.6 is 12.4 Å². The monoisotopic (exact) mass is 273 g/mol. The normalized spacial score (nSPS) is 23.7. The summed E-state index contributed by atoms with van der Waals surface area (Å²) in [6.45, 7) is 2.83. The summed E-state index contributed by atoms with van der Waals surface area (Å²) in [4.78, 5) is 11.3. The lowest BCUT2D eigenvalue weighted by atomic mass is 9.89. The molecule has 2 rings (SSSR count). The van der Waals surface area contributed by atoms with Crippen LogP contribution in [-0.4, -0.2) is 43.1 Å². The van der Waals surface area contributed by atoms with E-state index in [0.717, 1.165) is 31.3 Å². The lowest BCUT2D eigenvalue weighted by molar-refractivity contribution is 0.265. The van der Waals surface area contributed by atoms with Gasteiger partial charge in [-0.25, -0.2) is 4.99 Å². The Morgan fingerprint density at radius 1 is 1.28 bits per heavy atom. The third kappa shape index (κ3) is 3.28. The summed E-state index contributed by atoms with van der Waals surface area (Å²) in [6, 6.07) is 0. The number of hydrogen-bond acceptors (Lipinski definition) is 3. The second-order valence-electron chi connectivity index (χ2n) is 5.00. The quantitative estimate of drug-likeness (QED) is 0.762. The van der Waals surface area contributed by atoms with Crippen LogP contribution in [0.25, 0.3) is 0 Å². The Morgan fingerprint density at radius 3 is 2.50 bits per heavy atom. The van der Waals surface area contributed by atoms with Gasteiger partial charge in [0.05, 0.1) is 0 Å². The summed E-state index contributed by atoms with van der Waals surface area (Å²) in [5.41, 5.74) is -0.114. The van der Waals surface area contributed by atoms with Gasteiger partial charge in [0.15, 0.2) is 5.96 Å². The maximum absolute atomic E-state index is 4.84. The Bertz CT molecular complexity index is 331. The van der Waals surface area contributed by atoms with Crippen molar-refractivity contribution in [2.45, 2.75) is 44.7 Å². The highest BCUT2D eigenvalue weighted by molar-refractivity contribution is 6.00. The molecule has 1 heterocycles. The molecule has 0 unspecified atom stereocenters. The minimum atomic E-state index is -0.114. The fourth-order valence-corrected chi connectivity index (χ4v) is 2.44. The van der Waals surface area contributed by atoms with Gasteiger partial charge >= 0.3 is 0 Å². The first kappa shape index (κ1) is 15.1. The van der Waals surface area contributed by atoms with Gasteiger partial charge in [-0.2, -0.15) is 0 Å². The Hall–Kier alpha value is -0.970. The summed E-state index contributed by atoms with van der Waals surface area (Å²) in [5, 5.41) is 6.72. The SMILES string of the molecule is CCN=C1NC(N(C)C)=NC2(CCCCC2)N1.Cl. The van der Waals surface area contributed by atoms with Gasteiger partial charge in [0, 0.05) is 20.6 Å². The number of rotatable bonds is 1. The molecule has 0 atom stereocenters. The van der Waals surface area contributed by atoms with E-state index in [-0.39, 0.29) is 18.1 Å². The molecular formula is C12H24ClN5. The van der Waals surface area contributed by atoms with Crippen LogP contribution in [0.3, 0.4) is 0 Å². The van der Waals surface area contributed by atoms with E-state index < -0.39 is 0 Å². The molecule has 1 fully saturated rings. The lowest BCUT2D eigenvalue weighted by Gasteiger charge is -2.40. The average Bonchev–Trinajstić information content (AvgIpc) is 2.29. The van der Waals surface area contributed by atoms with E-state index >= 15 is 0 Å². The van der Waals surface area contributed by atoms with Crippen molar-refractivity contribution >= 4 is 24.3 Å². The second-order valence-corrected chi connectivity index (χ2v) is 5.00. The molecule has 6 heteroatoms. The highest BCUT2D eigenvalue weighted by atomic mass is 35.5. The van der Waals surface area contributed by atoms with Crippen LogP contribution in [0.5, 0.6) is 0 Å². The molecule has 2 N–H and O–H groups in total. The Labute approximate surface area is 116 Å². The summed E-state index contributed by atoms with van der Waals surface area (Å²) in [6.07, 6.45) is 6.03. The third-order valence-corrected chi connectivity index (χ3v) is 3.32. The van der Waals surface area contributed by atoms with Crippen molar-refractivity contribution in [2.75, 3.05) is 20.6 Å². The van der Waals surface area contributed by atoms with E-state index in [2.05, 4.69) is 15.6 Å². The molecule has 18 heavy (non-hydrogen) atoms. The molecule has 1 aliphatic carbocycles. The van der Waals surface area contributed by atoms with E-state index in [1.165, 1.54) is 19.3 Å². The standard InChI is InChI=1S/C12H23N5.ClH/c1-4-13-10-14-11(17(2)3)16-12(15-10)8-6-5-7-9-12;/h4-9H2,1-3H3,(H2,13,14,15,16);1H. The van der Waals surface area contributed by atoms with E-state index in [4.69, 9.17) is 4.99 Å². The van der Waals surface area contributed by atoms with E-state index in [0.29, 0.717) is 0 Å². The summed E-state index contributed by atoms with van der Waals surface area (Å²) >= 11 is 0. The minimum Gasteiger partial charge on any atom is -0.349 e. The Balaban J connectivity index is 0.00000162. The summed E-state index contributed by atoms with van der Waals surface area (Å²) in [7, 11) is 4.02. The molecular weight excluding hydrogens is 250 g/mol. The van der Waals surface area contributed by atoms with Crippen molar-refractivity contribution in [3.8, 4) is 0 Å².